The third kappa shape index (κ3) is 8.69. The first-order chi connectivity index (χ1) is 19.6. The molecule has 0 atom stereocenters. The number of rotatable bonds is 18. The Labute approximate surface area is 242 Å². The van der Waals surface area contributed by atoms with Crippen LogP contribution >= 0.6 is 0 Å². The number of amides is 1. The van der Waals surface area contributed by atoms with E-state index in [9.17, 15) is 4.79 Å². The van der Waals surface area contributed by atoms with Crippen molar-refractivity contribution >= 4 is 17.5 Å². The van der Waals surface area contributed by atoms with Crippen LogP contribution in [-0.4, -0.2) is 65.2 Å². The molecule has 0 aliphatic carbocycles. The minimum absolute atomic E-state index is 0.108. The summed E-state index contributed by atoms with van der Waals surface area (Å²) >= 11 is 0. The van der Waals surface area contributed by atoms with Gasteiger partial charge < -0.3 is 9.64 Å². The molecule has 0 fully saturated rings. The van der Waals surface area contributed by atoms with E-state index in [0.717, 1.165) is 92.1 Å². The maximum atomic E-state index is 13.6. The summed E-state index contributed by atoms with van der Waals surface area (Å²) in [5, 5.41) is 4.97. The molecule has 0 saturated carbocycles. The van der Waals surface area contributed by atoms with Gasteiger partial charge >= 0.3 is 0 Å². The summed E-state index contributed by atoms with van der Waals surface area (Å²) < 4.78 is 7.29. The van der Waals surface area contributed by atoms with E-state index in [1.807, 2.05) is 39.9 Å². The summed E-state index contributed by atoms with van der Waals surface area (Å²) in [6.45, 7) is 13.6. The van der Waals surface area contributed by atoms with Crippen LogP contribution in [0, 0.1) is 0 Å². The van der Waals surface area contributed by atoms with E-state index in [2.05, 4.69) is 56.9 Å². The molecule has 0 unspecified atom stereocenters. The average Bonchev–Trinajstić information content (AvgIpc) is 3.35. The van der Waals surface area contributed by atoms with E-state index in [0.29, 0.717) is 0 Å². The van der Waals surface area contributed by atoms with Crippen LogP contribution in [0.2, 0.25) is 0 Å². The number of fused-ring (bicyclic) bond motifs is 1. The maximum Gasteiger partial charge on any atom is 0.253 e. The van der Waals surface area contributed by atoms with Crippen LogP contribution in [0.3, 0.4) is 0 Å². The van der Waals surface area contributed by atoms with Gasteiger partial charge in [0.15, 0.2) is 0 Å². The van der Waals surface area contributed by atoms with Crippen molar-refractivity contribution in [2.24, 2.45) is 0 Å². The highest BCUT2D eigenvalue weighted by Crippen LogP contribution is 2.30. The first kappa shape index (κ1) is 31.4. The molecule has 0 radical (unpaired) electrons. The molecule has 0 bridgehead atoms. The van der Waals surface area contributed by atoms with Crippen molar-refractivity contribution < 1.29 is 9.53 Å². The fourth-order valence-corrected chi connectivity index (χ4v) is 4.90. The van der Waals surface area contributed by atoms with Gasteiger partial charge in [-0.2, -0.15) is 5.10 Å². The first-order valence-corrected chi connectivity index (χ1v) is 15.4. The number of pyridine rings is 1. The molecule has 1 amide bonds. The topological polar surface area (TPSA) is 50.1 Å². The fourth-order valence-electron chi connectivity index (χ4n) is 4.90. The van der Waals surface area contributed by atoms with Gasteiger partial charge in [-0.1, -0.05) is 65.5 Å². The molecule has 0 saturated heterocycles. The van der Waals surface area contributed by atoms with Gasteiger partial charge in [0.25, 0.3) is 5.91 Å². The Morgan fingerprint density at radius 1 is 0.875 bits per heavy atom. The number of methoxy groups -OCH3 is 1. The molecule has 0 aliphatic rings. The summed E-state index contributed by atoms with van der Waals surface area (Å²) in [4.78, 5) is 18.2. The lowest BCUT2D eigenvalue weighted by Crippen LogP contribution is -2.33. The highest BCUT2D eigenvalue weighted by Gasteiger charge is 2.19. The highest BCUT2D eigenvalue weighted by molar-refractivity contribution is 5.96. The van der Waals surface area contributed by atoms with Crippen molar-refractivity contribution in [3.8, 4) is 17.0 Å². The Hall–Kier alpha value is -3.12. The summed E-state index contributed by atoms with van der Waals surface area (Å²) in [6.07, 6.45) is 15.4. The Balaban J connectivity index is 2.01. The molecular formula is C34H50N4O2. The van der Waals surface area contributed by atoms with E-state index in [1.165, 1.54) is 25.7 Å². The van der Waals surface area contributed by atoms with Crippen molar-refractivity contribution in [1.82, 2.24) is 19.4 Å². The van der Waals surface area contributed by atoms with Crippen molar-refractivity contribution in [2.75, 3.05) is 39.8 Å². The normalized spacial score (nSPS) is 11.7. The van der Waals surface area contributed by atoms with Crippen LogP contribution in [0.5, 0.6) is 5.75 Å². The molecule has 2 aromatic heterocycles. The molecule has 2 heterocycles. The van der Waals surface area contributed by atoms with E-state index < -0.39 is 0 Å². The van der Waals surface area contributed by atoms with Gasteiger partial charge in [0.05, 0.1) is 12.6 Å². The van der Waals surface area contributed by atoms with Crippen molar-refractivity contribution in [2.45, 2.75) is 79.1 Å². The molecule has 0 aliphatic heterocycles. The van der Waals surface area contributed by atoms with Gasteiger partial charge in [0, 0.05) is 42.5 Å². The van der Waals surface area contributed by atoms with Crippen LogP contribution in [0.1, 0.15) is 95.0 Å². The van der Waals surface area contributed by atoms with E-state index in [4.69, 9.17) is 9.84 Å². The summed E-state index contributed by atoms with van der Waals surface area (Å²) in [7, 11) is 1.68. The predicted octanol–water partition coefficient (Wildman–Crippen LogP) is 7.97. The Morgan fingerprint density at radius 2 is 1.48 bits per heavy atom. The molecular weight excluding hydrogens is 496 g/mol. The van der Waals surface area contributed by atoms with Crippen LogP contribution in [0.25, 0.3) is 22.9 Å². The second-order valence-electron chi connectivity index (χ2n) is 10.6. The molecule has 6 nitrogen and oxygen atoms in total. The highest BCUT2D eigenvalue weighted by atomic mass is 16.5. The molecule has 3 rings (SSSR count). The maximum absolute atomic E-state index is 13.6. The minimum Gasteiger partial charge on any atom is -0.497 e. The number of carbonyl (C=O) groups excluding carboxylic acids is 1. The number of hydrogen-bond acceptors (Lipinski definition) is 4. The number of hydrogen-bond donors (Lipinski definition) is 0. The van der Waals surface area contributed by atoms with Crippen LogP contribution in [0.4, 0.5) is 0 Å². The van der Waals surface area contributed by atoms with Gasteiger partial charge in [-0.05, 0) is 75.2 Å². The lowest BCUT2D eigenvalue weighted by Gasteiger charge is -2.22. The minimum atomic E-state index is 0.108. The van der Waals surface area contributed by atoms with Gasteiger partial charge in [0.2, 0.25) is 0 Å². The molecule has 218 valence electrons. The smallest absolute Gasteiger partial charge is 0.253 e. The van der Waals surface area contributed by atoms with Crippen molar-refractivity contribution in [1.29, 1.82) is 0 Å². The number of aromatic nitrogens is 2. The number of ether oxygens (including phenoxy) is 1. The zero-order valence-corrected chi connectivity index (χ0v) is 25.5. The third-order valence-corrected chi connectivity index (χ3v) is 7.44. The third-order valence-electron chi connectivity index (χ3n) is 7.44. The van der Waals surface area contributed by atoms with E-state index >= 15 is 0 Å². The largest absolute Gasteiger partial charge is 0.497 e. The molecule has 3 aromatic rings. The van der Waals surface area contributed by atoms with Gasteiger partial charge in [-0.25, -0.2) is 4.52 Å². The zero-order valence-electron chi connectivity index (χ0n) is 25.5. The second kappa shape index (κ2) is 16.9. The molecule has 1 aromatic carbocycles. The lowest BCUT2D eigenvalue weighted by atomic mass is 10.0. The molecule has 0 N–H and O–H groups in total. The SMILES string of the molecule is CCCCN(C/C=C/c1c(-c2ccc(OC)cc2)nn2ccc(C(=O)N(CCCC)CCCC)cc12)CCCC. The van der Waals surface area contributed by atoms with Gasteiger partial charge in [0.1, 0.15) is 11.4 Å². The van der Waals surface area contributed by atoms with Crippen molar-refractivity contribution in [3.63, 3.8) is 0 Å². The standard InChI is InChI=1S/C34H50N4O2/c1-6-10-21-36(22-11-7-2)23-14-15-31-32-27-29(34(39)37(24-12-8-3)25-13-9-4)20-26-38(32)35-33(31)28-16-18-30(40-5)19-17-28/h14-20,26-27H,6-13,21-25H2,1-5H3/b15-14+. The molecule has 0 spiro atoms. The Kier molecular flexibility index (Phi) is 13.2. The van der Waals surface area contributed by atoms with Crippen molar-refractivity contribution in [3.05, 3.63) is 59.8 Å². The van der Waals surface area contributed by atoms with Crippen LogP contribution < -0.4 is 4.74 Å². The first-order valence-electron chi connectivity index (χ1n) is 15.4. The predicted molar refractivity (Wildman–Crippen MR) is 168 cm³/mol. The Bertz CT molecular complexity index is 1180. The monoisotopic (exact) mass is 546 g/mol. The number of carbonyl (C=O) groups is 1. The number of benzene rings is 1. The van der Waals surface area contributed by atoms with Crippen LogP contribution in [-0.2, 0) is 0 Å². The van der Waals surface area contributed by atoms with E-state index in [1.54, 1.807) is 7.11 Å². The fraction of sp³-hybridized carbons (Fsp3) is 0.529. The summed E-state index contributed by atoms with van der Waals surface area (Å²) in [5.41, 5.74) is 4.65. The zero-order chi connectivity index (χ0) is 28.7. The number of unbranched alkanes of at least 4 members (excludes halogenated alkanes) is 4. The van der Waals surface area contributed by atoms with Gasteiger partial charge in [-0.3, -0.25) is 9.69 Å². The second-order valence-corrected chi connectivity index (χ2v) is 10.6. The lowest BCUT2D eigenvalue weighted by molar-refractivity contribution is 0.0751. The summed E-state index contributed by atoms with van der Waals surface area (Å²) in [5.74, 6) is 0.927. The Morgan fingerprint density at radius 3 is 2.05 bits per heavy atom. The average molecular weight is 547 g/mol. The quantitative estimate of drug-likeness (QED) is 0.162. The van der Waals surface area contributed by atoms with E-state index in [-0.39, 0.29) is 5.91 Å². The summed E-state index contributed by atoms with van der Waals surface area (Å²) in [6, 6.07) is 12.0. The van der Waals surface area contributed by atoms with Crippen LogP contribution in [0.15, 0.2) is 48.7 Å². The number of nitrogens with zero attached hydrogens (tertiary/aromatic N) is 4. The molecule has 6 heteroatoms. The molecule has 40 heavy (non-hydrogen) atoms. The van der Waals surface area contributed by atoms with Gasteiger partial charge in [-0.15, -0.1) is 0 Å².